The first-order valence-electron chi connectivity index (χ1n) is 7.67. The minimum absolute atomic E-state index is 0.480. The largest absolute Gasteiger partial charge is 0.507 e. The molecule has 0 aliphatic carbocycles. The molecule has 106 valence electrons. The molecular formula is C17H27NO. The summed E-state index contributed by atoms with van der Waals surface area (Å²) >= 11 is 0. The number of phenols is 1. The Balaban J connectivity index is 2.29. The summed E-state index contributed by atoms with van der Waals surface area (Å²) in [7, 11) is 0. The van der Waals surface area contributed by atoms with E-state index in [4.69, 9.17) is 0 Å². The Hall–Kier alpha value is -1.02. The fourth-order valence-electron chi connectivity index (χ4n) is 3.12. The molecule has 0 bridgehead atoms. The average Bonchev–Trinajstić information content (AvgIpc) is 2.42. The summed E-state index contributed by atoms with van der Waals surface area (Å²) < 4.78 is 0. The fourth-order valence-corrected chi connectivity index (χ4v) is 3.12. The van der Waals surface area contributed by atoms with Crippen LogP contribution in [0.4, 0.5) is 0 Å². The topological polar surface area (TPSA) is 32.3 Å². The highest BCUT2D eigenvalue weighted by Crippen LogP contribution is 2.34. The number of aryl methyl sites for hydroxylation is 1. The number of aromatic hydroxyl groups is 1. The van der Waals surface area contributed by atoms with Gasteiger partial charge in [-0.25, -0.2) is 0 Å². The third-order valence-corrected chi connectivity index (χ3v) is 4.36. The number of benzene rings is 1. The lowest BCUT2D eigenvalue weighted by atomic mass is 9.84. The average molecular weight is 261 g/mol. The van der Waals surface area contributed by atoms with Crippen molar-refractivity contribution < 1.29 is 5.11 Å². The maximum atomic E-state index is 10.5. The second-order valence-corrected chi connectivity index (χ2v) is 6.05. The maximum Gasteiger partial charge on any atom is 0.122 e. The zero-order valence-electron chi connectivity index (χ0n) is 12.5. The first-order chi connectivity index (χ1) is 9.13. The van der Waals surface area contributed by atoms with Gasteiger partial charge in [0.15, 0.2) is 0 Å². The highest BCUT2D eigenvalue weighted by molar-refractivity contribution is 5.47. The van der Waals surface area contributed by atoms with E-state index >= 15 is 0 Å². The molecule has 1 fully saturated rings. The quantitative estimate of drug-likeness (QED) is 0.867. The van der Waals surface area contributed by atoms with E-state index < -0.39 is 0 Å². The van der Waals surface area contributed by atoms with Crippen LogP contribution in [0.5, 0.6) is 5.75 Å². The van der Waals surface area contributed by atoms with E-state index in [1.807, 2.05) is 0 Å². The summed E-state index contributed by atoms with van der Waals surface area (Å²) in [5.74, 6) is 1.76. The van der Waals surface area contributed by atoms with E-state index in [1.54, 1.807) is 0 Å². The molecule has 19 heavy (non-hydrogen) atoms. The van der Waals surface area contributed by atoms with Crippen LogP contribution in [-0.4, -0.2) is 18.2 Å². The molecule has 1 aliphatic rings. The normalized spacial score (nSPS) is 17.1. The Bertz CT molecular complexity index is 420. The molecule has 1 aromatic rings. The summed E-state index contributed by atoms with van der Waals surface area (Å²) in [4.78, 5) is 0. The van der Waals surface area contributed by atoms with Gasteiger partial charge in [-0.3, -0.25) is 0 Å². The SMILES string of the molecule is CCc1ccc(C(C)C)c(CC2CCNCC2)c1O. The van der Waals surface area contributed by atoms with E-state index in [1.165, 1.54) is 24.0 Å². The van der Waals surface area contributed by atoms with Gasteiger partial charge in [-0.05, 0) is 67.3 Å². The van der Waals surface area contributed by atoms with E-state index in [-0.39, 0.29) is 0 Å². The molecule has 2 rings (SSSR count). The fraction of sp³-hybridized carbons (Fsp3) is 0.647. The van der Waals surface area contributed by atoms with Gasteiger partial charge in [-0.15, -0.1) is 0 Å². The van der Waals surface area contributed by atoms with Gasteiger partial charge in [0.2, 0.25) is 0 Å². The summed E-state index contributed by atoms with van der Waals surface area (Å²) in [5, 5.41) is 13.9. The van der Waals surface area contributed by atoms with Gasteiger partial charge in [-0.1, -0.05) is 32.9 Å². The Morgan fingerprint density at radius 2 is 1.95 bits per heavy atom. The van der Waals surface area contributed by atoms with Gasteiger partial charge in [0.1, 0.15) is 5.75 Å². The van der Waals surface area contributed by atoms with Crippen molar-refractivity contribution in [2.75, 3.05) is 13.1 Å². The second-order valence-electron chi connectivity index (χ2n) is 6.05. The number of rotatable bonds is 4. The third kappa shape index (κ3) is 3.30. The number of piperidine rings is 1. The smallest absolute Gasteiger partial charge is 0.122 e. The Morgan fingerprint density at radius 1 is 1.26 bits per heavy atom. The van der Waals surface area contributed by atoms with Crippen LogP contribution in [-0.2, 0) is 12.8 Å². The van der Waals surface area contributed by atoms with Crippen LogP contribution in [0.25, 0.3) is 0 Å². The number of phenolic OH excluding ortho intramolecular Hbond substituents is 1. The molecule has 1 heterocycles. The molecule has 2 nitrogen and oxygen atoms in total. The van der Waals surface area contributed by atoms with Crippen molar-refractivity contribution in [3.63, 3.8) is 0 Å². The molecular weight excluding hydrogens is 234 g/mol. The van der Waals surface area contributed by atoms with Crippen molar-refractivity contribution in [1.82, 2.24) is 5.32 Å². The maximum absolute atomic E-state index is 10.5. The lowest BCUT2D eigenvalue weighted by Gasteiger charge is -2.25. The Morgan fingerprint density at radius 3 is 2.53 bits per heavy atom. The summed E-state index contributed by atoms with van der Waals surface area (Å²) in [6.07, 6.45) is 4.40. The molecule has 2 N–H and O–H groups in total. The van der Waals surface area contributed by atoms with Crippen molar-refractivity contribution in [3.05, 3.63) is 28.8 Å². The van der Waals surface area contributed by atoms with Crippen molar-refractivity contribution in [1.29, 1.82) is 0 Å². The second kappa shape index (κ2) is 6.42. The van der Waals surface area contributed by atoms with Gasteiger partial charge in [0, 0.05) is 0 Å². The molecule has 0 aromatic heterocycles. The highest BCUT2D eigenvalue weighted by atomic mass is 16.3. The molecule has 2 heteroatoms. The zero-order chi connectivity index (χ0) is 13.8. The first kappa shape index (κ1) is 14.4. The monoisotopic (exact) mass is 261 g/mol. The van der Waals surface area contributed by atoms with Crippen LogP contribution in [0, 0.1) is 5.92 Å². The van der Waals surface area contributed by atoms with E-state index in [2.05, 4.69) is 38.2 Å². The lowest BCUT2D eigenvalue weighted by molar-refractivity contribution is 0.364. The molecule has 0 saturated carbocycles. The van der Waals surface area contributed by atoms with Crippen LogP contribution in [0.15, 0.2) is 12.1 Å². The number of hydrogen-bond donors (Lipinski definition) is 2. The summed E-state index contributed by atoms with van der Waals surface area (Å²) in [6, 6.07) is 4.32. The molecule has 0 spiro atoms. The molecule has 1 saturated heterocycles. The van der Waals surface area contributed by atoms with Gasteiger partial charge in [0.25, 0.3) is 0 Å². The molecule has 0 amide bonds. The lowest BCUT2D eigenvalue weighted by Crippen LogP contribution is -2.29. The highest BCUT2D eigenvalue weighted by Gasteiger charge is 2.20. The van der Waals surface area contributed by atoms with Crippen molar-refractivity contribution in [2.45, 2.75) is 52.4 Å². The van der Waals surface area contributed by atoms with Crippen LogP contribution in [0.2, 0.25) is 0 Å². The number of hydrogen-bond acceptors (Lipinski definition) is 2. The van der Waals surface area contributed by atoms with Crippen LogP contribution in [0.3, 0.4) is 0 Å². The van der Waals surface area contributed by atoms with Crippen molar-refractivity contribution in [2.24, 2.45) is 5.92 Å². The van der Waals surface area contributed by atoms with E-state index in [0.29, 0.717) is 11.7 Å². The van der Waals surface area contributed by atoms with Crippen LogP contribution < -0.4 is 5.32 Å². The summed E-state index contributed by atoms with van der Waals surface area (Å²) in [5.41, 5.74) is 3.63. The third-order valence-electron chi connectivity index (χ3n) is 4.36. The predicted octanol–water partition coefficient (Wildman–Crippen LogP) is 3.62. The van der Waals surface area contributed by atoms with E-state index in [0.717, 1.165) is 37.4 Å². The molecule has 0 atom stereocenters. The Kier molecular flexibility index (Phi) is 4.87. The minimum Gasteiger partial charge on any atom is -0.507 e. The minimum atomic E-state index is 0.480. The van der Waals surface area contributed by atoms with Gasteiger partial charge >= 0.3 is 0 Å². The molecule has 0 radical (unpaired) electrons. The van der Waals surface area contributed by atoms with Crippen molar-refractivity contribution >= 4 is 0 Å². The molecule has 0 unspecified atom stereocenters. The van der Waals surface area contributed by atoms with Gasteiger partial charge in [-0.2, -0.15) is 0 Å². The van der Waals surface area contributed by atoms with Crippen LogP contribution >= 0.6 is 0 Å². The van der Waals surface area contributed by atoms with Gasteiger partial charge < -0.3 is 10.4 Å². The van der Waals surface area contributed by atoms with E-state index in [9.17, 15) is 5.11 Å². The number of nitrogens with one attached hydrogen (secondary N) is 1. The summed E-state index contributed by atoms with van der Waals surface area (Å²) in [6.45, 7) is 8.78. The predicted molar refractivity (Wildman–Crippen MR) is 80.9 cm³/mol. The molecule has 1 aromatic carbocycles. The first-order valence-corrected chi connectivity index (χ1v) is 7.67. The van der Waals surface area contributed by atoms with Gasteiger partial charge in [0.05, 0.1) is 0 Å². The van der Waals surface area contributed by atoms with Crippen molar-refractivity contribution in [3.8, 4) is 5.75 Å². The standard InChI is InChI=1S/C17H27NO/c1-4-14-5-6-15(12(2)3)16(17(14)19)11-13-7-9-18-10-8-13/h5-6,12-13,18-19H,4,7-11H2,1-3H3. The van der Waals surface area contributed by atoms with Crippen LogP contribution in [0.1, 0.15) is 56.2 Å². The Labute approximate surface area is 117 Å². The molecule has 1 aliphatic heterocycles. The zero-order valence-corrected chi connectivity index (χ0v) is 12.5.